The molecular formula is C7H17NO2. The van der Waals surface area contributed by atoms with E-state index in [4.69, 9.17) is 15.2 Å². The number of hydrogen-bond donors (Lipinski definition) is 1. The molecule has 0 atom stereocenters. The van der Waals surface area contributed by atoms with Crippen LogP contribution in [0.15, 0.2) is 0 Å². The molecule has 0 aromatic rings. The van der Waals surface area contributed by atoms with E-state index in [2.05, 4.69) is 0 Å². The van der Waals surface area contributed by atoms with Crippen LogP contribution < -0.4 is 5.73 Å². The molecule has 0 aromatic heterocycles. The molecule has 0 heterocycles. The summed E-state index contributed by atoms with van der Waals surface area (Å²) in [5.74, 6) is 0. The fourth-order valence-corrected chi connectivity index (χ4v) is 0.490. The number of ether oxygens (including phenoxy) is 2. The molecule has 3 nitrogen and oxygen atoms in total. The van der Waals surface area contributed by atoms with E-state index in [1.54, 1.807) is 0 Å². The number of hydrogen-bond acceptors (Lipinski definition) is 3. The minimum Gasteiger partial charge on any atom is -0.373 e. The molecule has 0 aliphatic carbocycles. The Morgan fingerprint density at radius 2 is 1.80 bits per heavy atom. The molecule has 3 heteroatoms. The van der Waals surface area contributed by atoms with Crippen LogP contribution in [0.5, 0.6) is 0 Å². The Balaban J connectivity index is 3.04. The van der Waals surface area contributed by atoms with Gasteiger partial charge in [0.2, 0.25) is 0 Å². The van der Waals surface area contributed by atoms with Gasteiger partial charge in [0, 0.05) is 0 Å². The predicted octanol–water partition coefficient (Wildman–Crippen LogP) is 0.734. The van der Waals surface area contributed by atoms with Crippen LogP contribution in [0.3, 0.4) is 0 Å². The Hall–Kier alpha value is -0.120. The van der Waals surface area contributed by atoms with Crippen LogP contribution in [-0.4, -0.2) is 25.5 Å². The quantitative estimate of drug-likeness (QED) is 0.471. The van der Waals surface area contributed by atoms with E-state index in [0.29, 0.717) is 13.2 Å². The Bertz CT molecular complexity index is 78.2. The first-order valence-corrected chi connectivity index (χ1v) is 3.48. The summed E-state index contributed by atoms with van der Waals surface area (Å²) in [6.07, 6.45) is 0. The third-order valence-electron chi connectivity index (χ3n) is 0.881. The van der Waals surface area contributed by atoms with Gasteiger partial charge in [-0.2, -0.15) is 0 Å². The van der Waals surface area contributed by atoms with Gasteiger partial charge in [-0.3, -0.25) is 0 Å². The molecule has 0 aliphatic rings. The van der Waals surface area contributed by atoms with Gasteiger partial charge in [-0.1, -0.05) is 0 Å². The first kappa shape index (κ1) is 9.88. The van der Waals surface area contributed by atoms with Crippen molar-refractivity contribution in [2.24, 2.45) is 5.73 Å². The lowest BCUT2D eigenvalue weighted by Gasteiger charge is -2.18. The molecule has 0 spiro atoms. The molecule has 0 radical (unpaired) electrons. The average molecular weight is 147 g/mol. The zero-order valence-electron chi connectivity index (χ0n) is 7.02. The van der Waals surface area contributed by atoms with Crippen molar-refractivity contribution in [2.75, 3.05) is 19.9 Å². The highest BCUT2D eigenvalue weighted by Crippen LogP contribution is 2.05. The lowest BCUT2D eigenvalue weighted by atomic mass is 10.2. The van der Waals surface area contributed by atoms with Gasteiger partial charge >= 0.3 is 0 Å². The van der Waals surface area contributed by atoms with Crippen LogP contribution in [0, 0.1) is 0 Å². The summed E-state index contributed by atoms with van der Waals surface area (Å²) < 4.78 is 10.2. The van der Waals surface area contributed by atoms with Gasteiger partial charge in [-0.25, -0.2) is 0 Å². The minimum absolute atomic E-state index is 0.0715. The van der Waals surface area contributed by atoms with E-state index in [0.717, 1.165) is 0 Å². The SMILES string of the molecule is CC(C)(C)OCCOCN. The maximum Gasteiger partial charge on any atom is 0.0941 e. The summed E-state index contributed by atoms with van der Waals surface area (Å²) in [6.45, 7) is 7.49. The van der Waals surface area contributed by atoms with Crippen molar-refractivity contribution < 1.29 is 9.47 Å². The van der Waals surface area contributed by atoms with Crippen LogP contribution in [0.4, 0.5) is 0 Å². The van der Waals surface area contributed by atoms with Crippen molar-refractivity contribution in [2.45, 2.75) is 26.4 Å². The molecule has 2 N–H and O–H groups in total. The van der Waals surface area contributed by atoms with Crippen molar-refractivity contribution >= 4 is 0 Å². The molecule has 0 bridgehead atoms. The summed E-state index contributed by atoms with van der Waals surface area (Å²) >= 11 is 0. The van der Waals surface area contributed by atoms with Crippen LogP contribution in [0.1, 0.15) is 20.8 Å². The van der Waals surface area contributed by atoms with E-state index in [9.17, 15) is 0 Å². The predicted molar refractivity (Wildman–Crippen MR) is 40.7 cm³/mol. The second-order valence-corrected chi connectivity index (χ2v) is 3.04. The molecule has 0 saturated carbocycles. The molecule has 0 amide bonds. The first-order valence-electron chi connectivity index (χ1n) is 3.48. The summed E-state index contributed by atoms with van der Waals surface area (Å²) in [5.41, 5.74) is 5.03. The summed E-state index contributed by atoms with van der Waals surface area (Å²) in [4.78, 5) is 0. The van der Waals surface area contributed by atoms with E-state index < -0.39 is 0 Å². The lowest BCUT2D eigenvalue weighted by Crippen LogP contribution is -2.22. The van der Waals surface area contributed by atoms with Crippen molar-refractivity contribution in [1.29, 1.82) is 0 Å². The largest absolute Gasteiger partial charge is 0.373 e. The van der Waals surface area contributed by atoms with E-state index in [1.807, 2.05) is 20.8 Å². The van der Waals surface area contributed by atoms with Crippen LogP contribution in [-0.2, 0) is 9.47 Å². The van der Waals surface area contributed by atoms with Gasteiger partial charge in [0.25, 0.3) is 0 Å². The Morgan fingerprint density at radius 3 is 2.20 bits per heavy atom. The van der Waals surface area contributed by atoms with E-state index >= 15 is 0 Å². The maximum atomic E-state index is 5.35. The second kappa shape index (κ2) is 4.66. The normalized spacial score (nSPS) is 12.0. The van der Waals surface area contributed by atoms with Crippen LogP contribution >= 0.6 is 0 Å². The smallest absolute Gasteiger partial charge is 0.0941 e. The maximum absolute atomic E-state index is 5.35. The third-order valence-corrected chi connectivity index (χ3v) is 0.881. The van der Waals surface area contributed by atoms with E-state index in [-0.39, 0.29) is 12.3 Å². The van der Waals surface area contributed by atoms with Gasteiger partial charge in [-0.15, -0.1) is 0 Å². The van der Waals surface area contributed by atoms with Crippen molar-refractivity contribution in [3.63, 3.8) is 0 Å². The zero-order chi connectivity index (χ0) is 8.04. The Labute approximate surface area is 62.5 Å². The summed E-state index contributed by atoms with van der Waals surface area (Å²) in [7, 11) is 0. The highest BCUT2D eigenvalue weighted by Gasteiger charge is 2.08. The molecule has 0 fully saturated rings. The fraction of sp³-hybridized carbons (Fsp3) is 1.00. The Kier molecular flexibility index (Phi) is 4.60. The van der Waals surface area contributed by atoms with Gasteiger partial charge < -0.3 is 15.2 Å². The third kappa shape index (κ3) is 7.88. The highest BCUT2D eigenvalue weighted by molar-refractivity contribution is 4.57. The standard InChI is InChI=1S/C7H17NO2/c1-7(2,3)10-5-4-9-6-8/h4-6,8H2,1-3H3. The number of rotatable bonds is 4. The molecular weight excluding hydrogens is 130 g/mol. The van der Waals surface area contributed by atoms with Gasteiger partial charge in [0.05, 0.1) is 25.5 Å². The first-order chi connectivity index (χ1) is 4.56. The minimum atomic E-state index is -0.0715. The topological polar surface area (TPSA) is 44.5 Å². The van der Waals surface area contributed by atoms with Gasteiger partial charge in [0.1, 0.15) is 0 Å². The molecule has 0 aromatic carbocycles. The lowest BCUT2D eigenvalue weighted by molar-refractivity contribution is -0.0340. The van der Waals surface area contributed by atoms with E-state index in [1.165, 1.54) is 0 Å². The average Bonchev–Trinajstić information content (AvgIpc) is 1.78. The molecule has 0 rings (SSSR count). The molecule has 62 valence electrons. The molecule has 0 saturated heterocycles. The summed E-state index contributed by atoms with van der Waals surface area (Å²) in [6, 6.07) is 0. The fourth-order valence-electron chi connectivity index (χ4n) is 0.490. The van der Waals surface area contributed by atoms with Crippen LogP contribution in [0.2, 0.25) is 0 Å². The molecule has 10 heavy (non-hydrogen) atoms. The van der Waals surface area contributed by atoms with Crippen molar-refractivity contribution in [1.82, 2.24) is 0 Å². The monoisotopic (exact) mass is 147 g/mol. The number of nitrogens with two attached hydrogens (primary N) is 1. The second-order valence-electron chi connectivity index (χ2n) is 3.04. The Morgan fingerprint density at radius 1 is 1.20 bits per heavy atom. The van der Waals surface area contributed by atoms with Crippen molar-refractivity contribution in [3.8, 4) is 0 Å². The molecule has 0 aliphatic heterocycles. The van der Waals surface area contributed by atoms with Gasteiger partial charge in [0.15, 0.2) is 0 Å². The van der Waals surface area contributed by atoms with Crippen molar-refractivity contribution in [3.05, 3.63) is 0 Å². The summed E-state index contributed by atoms with van der Waals surface area (Å²) in [5, 5.41) is 0. The zero-order valence-corrected chi connectivity index (χ0v) is 7.02. The van der Waals surface area contributed by atoms with Crippen LogP contribution in [0.25, 0.3) is 0 Å². The van der Waals surface area contributed by atoms with Gasteiger partial charge in [-0.05, 0) is 20.8 Å². The highest BCUT2D eigenvalue weighted by atomic mass is 16.5. The molecule has 0 unspecified atom stereocenters.